The van der Waals surface area contributed by atoms with Crippen molar-refractivity contribution in [3.63, 3.8) is 0 Å². The molecule has 1 aliphatic carbocycles. The minimum Gasteiger partial charge on any atom is -0.325 e. The van der Waals surface area contributed by atoms with Gasteiger partial charge in [-0.1, -0.05) is 49.3 Å². The lowest BCUT2D eigenvalue weighted by atomic mass is 9.97. The first-order valence-corrected chi connectivity index (χ1v) is 6.93. The van der Waals surface area contributed by atoms with E-state index in [9.17, 15) is 0 Å². The lowest BCUT2D eigenvalue weighted by Crippen LogP contribution is -2.23. The summed E-state index contributed by atoms with van der Waals surface area (Å²) in [6, 6.07) is 0. The fourth-order valence-corrected chi connectivity index (χ4v) is 3.58. The summed E-state index contributed by atoms with van der Waals surface area (Å²) in [5.74, 6) is 2.42. The van der Waals surface area contributed by atoms with Gasteiger partial charge in [0.1, 0.15) is 0 Å². The Labute approximate surface area is 96.0 Å². The second-order valence-corrected chi connectivity index (χ2v) is 5.82. The van der Waals surface area contributed by atoms with Gasteiger partial charge in [-0.15, -0.1) is 0 Å². The lowest BCUT2D eigenvalue weighted by molar-refractivity contribution is 0.416. The molecule has 78 valence electrons. The summed E-state index contributed by atoms with van der Waals surface area (Å²) in [6.45, 7) is 6.87. The largest absolute Gasteiger partial charge is 0.325 e. The maximum absolute atomic E-state index is 6.27. The molecule has 0 saturated heterocycles. The molecule has 0 radical (unpaired) electrons. The number of alkyl halides is 1. The smallest absolute Gasteiger partial charge is 0.0192 e. The molecule has 0 aliphatic heterocycles. The van der Waals surface area contributed by atoms with E-state index in [1.807, 2.05) is 0 Å². The van der Waals surface area contributed by atoms with E-state index in [4.69, 9.17) is 5.73 Å². The highest BCUT2D eigenvalue weighted by Gasteiger charge is 2.59. The zero-order valence-corrected chi connectivity index (χ0v) is 11.2. The Balaban J connectivity index is 2.44. The van der Waals surface area contributed by atoms with Crippen LogP contribution in [0.2, 0.25) is 0 Å². The number of hydrogen-bond donors (Lipinski definition) is 1. The van der Waals surface area contributed by atoms with Crippen molar-refractivity contribution in [2.24, 2.45) is 23.5 Å². The summed E-state index contributed by atoms with van der Waals surface area (Å²) in [6.07, 6.45) is 3.95. The quantitative estimate of drug-likeness (QED) is 0.611. The van der Waals surface area contributed by atoms with Crippen molar-refractivity contribution in [2.75, 3.05) is 4.43 Å². The van der Waals surface area contributed by atoms with Gasteiger partial charge in [-0.25, -0.2) is 0 Å². The van der Waals surface area contributed by atoms with E-state index in [2.05, 4.69) is 43.4 Å². The van der Waals surface area contributed by atoms with Gasteiger partial charge in [-0.3, -0.25) is 0 Å². The van der Waals surface area contributed by atoms with E-state index < -0.39 is 0 Å². The molecule has 1 unspecified atom stereocenters. The Morgan fingerprint density at radius 3 is 2.62 bits per heavy atom. The van der Waals surface area contributed by atoms with Crippen LogP contribution in [0.15, 0.2) is 0 Å². The summed E-state index contributed by atoms with van der Waals surface area (Å²) >= 11 is 2.46. The zero-order valence-electron chi connectivity index (χ0n) is 9.02. The second kappa shape index (κ2) is 4.47. The molecule has 4 atom stereocenters. The van der Waals surface area contributed by atoms with Gasteiger partial charge >= 0.3 is 0 Å². The molecule has 1 nitrogen and oxygen atoms in total. The van der Waals surface area contributed by atoms with E-state index in [1.165, 1.54) is 23.7 Å². The van der Waals surface area contributed by atoms with Gasteiger partial charge in [0, 0.05) is 5.54 Å². The third kappa shape index (κ3) is 2.38. The molecule has 1 rings (SSSR count). The molecule has 0 spiro atoms. The molecule has 0 amide bonds. The summed E-state index contributed by atoms with van der Waals surface area (Å²) in [4.78, 5) is 0. The zero-order chi connectivity index (χ0) is 10.1. The number of hydrogen-bond acceptors (Lipinski definition) is 1. The molecule has 1 saturated carbocycles. The molecular weight excluding hydrogens is 273 g/mol. The molecule has 0 aromatic rings. The van der Waals surface area contributed by atoms with Gasteiger partial charge in [-0.05, 0) is 35.5 Å². The second-order valence-electron chi connectivity index (χ2n) is 4.74. The van der Waals surface area contributed by atoms with Gasteiger partial charge in [0.15, 0.2) is 0 Å². The minimum atomic E-state index is 0.153. The molecule has 1 aliphatic rings. The first-order valence-electron chi connectivity index (χ1n) is 5.40. The average molecular weight is 295 g/mol. The minimum absolute atomic E-state index is 0.153. The van der Waals surface area contributed by atoms with Gasteiger partial charge in [-0.2, -0.15) is 0 Å². The van der Waals surface area contributed by atoms with Crippen molar-refractivity contribution in [3.05, 3.63) is 0 Å². The van der Waals surface area contributed by atoms with Crippen molar-refractivity contribution in [3.8, 4) is 0 Å². The highest BCUT2D eigenvalue weighted by atomic mass is 127. The Bertz CT molecular complexity index is 167. The summed E-state index contributed by atoms with van der Waals surface area (Å²) in [7, 11) is 0. The maximum Gasteiger partial charge on any atom is 0.0192 e. The van der Waals surface area contributed by atoms with Gasteiger partial charge in [0.2, 0.25) is 0 Å². The third-order valence-corrected chi connectivity index (χ3v) is 4.24. The van der Waals surface area contributed by atoms with Crippen LogP contribution in [0.3, 0.4) is 0 Å². The predicted molar refractivity (Wildman–Crippen MR) is 67.1 cm³/mol. The Morgan fingerprint density at radius 1 is 1.54 bits per heavy atom. The van der Waals surface area contributed by atoms with E-state index in [0.717, 1.165) is 17.8 Å². The van der Waals surface area contributed by atoms with Crippen molar-refractivity contribution >= 4 is 22.6 Å². The van der Waals surface area contributed by atoms with Crippen LogP contribution < -0.4 is 5.73 Å². The predicted octanol–water partition coefficient (Wildman–Crippen LogP) is 3.21. The number of rotatable bonds is 5. The molecule has 2 N–H and O–H groups in total. The SMILES string of the molecule is CCC[C@@H](C)[C@H]1C(CCI)[C@@]1(C)N. The van der Waals surface area contributed by atoms with Crippen LogP contribution in [0.5, 0.6) is 0 Å². The van der Waals surface area contributed by atoms with E-state index >= 15 is 0 Å². The topological polar surface area (TPSA) is 26.0 Å². The van der Waals surface area contributed by atoms with Gasteiger partial charge in [0.05, 0.1) is 0 Å². The first kappa shape index (κ1) is 11.8. The van der Waals surface area contributed by atoms with E-state index in [0.29, 0.717) is 0 Å². The maximum atomic E-state index is 6.27. The number of halogens is 1. The third-order valence-electron chi connectivity index (χ3n) is 3.62. The average Bonchev–Trinajstić information content (AvgIpc) is 2.55. The summed E-state index contributed by atoms with van der Waals surface area (Å²) in [5, 5.41) is 0. The van der Waals surface area contributed by atoms with Crippen LogP contribution >= 0.6 is 22.6 Å². The first-order chi connectivity index (χ1) is 6.05. The normalized spacial score (nSPS) is 40.4. The van der Waals surface area contributed by atoms with Crippen molar-refractivity contribution in [1.82, 2.24) is 0 Å². The molecule has 0 aromatic heterocycles. The number of nitrogens with two attached hydrogens (primary N) is 1. The Hall–Kier alpha value is 0.690. The van der Waals surface area contributed by atoms with Crippen molar-refractivity contribution in [2.45, 2.75) is 45.6 Å². The monoisotopic (exact) mass is 295 g/mol. The standard InChI is InChI=1S/C11H22IN/c1-4-5-8(2)10-9(6-7-12)11(10,3)13/h8-10H,4-7,13H2,1-3H3/t8-,9?,10+,11-/m1/s1. The molecule has 0 aromatic carbocycles. The van der Waals surface area contributed by atoms with Crippen molar-refractivity contribution in [1.29, 1.82) is 0 Å². The van der Waals surface area contributed by atoms with E-state index in [1.54, 1.807) is 0 Å². The van der Waals surface area contributed by atoms with Crippen LogP contribution in [0.4, 0.5) is 0 Å². The van der Waals surface area contributed by atoms with Gasteiger partial charge in [0.25, 0.3) is 0 Å². The van der Waals surface area contributed by atoms with Crippen molar-refractivity contribution < 1.29 is 0 Å². The molecule has 0 bridgehead atoms. The highest BCUT2D eigenvalue weighted by molar-refractivity contribution is 14.1. The fourth-order valence-electron chi connectivity index (χ4n) is 2.91. The molecular formula is C11H22IN. The van der Waals surface area contributed by atoms with Crippen LogP contribution in [-0.4, -0.2) is 9.97 Å². The molecule has 1 fully saturated rings. The van der Waals surface area contributed by atoms with Crippen LogP contribution in [-0.2, 0) is 0 Å². The Kier molecular flexibility index (Phi) is 4.05. The van der Waals surface area contributed by atoms with Gasteiger partial charge < -0.3 is 5.73 Å². The fraction of sp³-hybridized carbons (Fsp3) is 1.00. The van der Waals surface area contributed by atoms with Crippen LogP contribution in [0.25, 0.3) is 0 Å². The Morgan fingerprint density at radius 2 is 2.15 bits per heavy atom. The molecule has 2 heteroatoms. The van der Waals surface area contributed by atoms with E-state index in [-0.39, 0.29) is 5.54 Å². The molecule has 0 heterocycles. The summed E-state index contributed by atoms with van der Waals surface area (Å²) in [5.41, 5.74) is 6.42. The van der Waals surface area contributed by atoms with Crippen LogP contribution in [0, 0.1) is 17.8 Å². The summed E-state index contributed by atoms with van der Waals surface area (Å²) < 4.78 is 1.25. The lowest BCUT2D eigenvalue weighted by Gasteiger charge is -2.10. The molecule has 13 heavy (non-hydrogen) atoms. The van der Waals surface area contributed by atoms with Crippen LogP contribution in [0.1, 0.15) is 40.0 Å². The highest BCUT2D eigenvalue weighted by Crippen LogP contribution is 2.55.